The fourth-order valence-corrected chi connectivity index (χ4v) is 3.35. The third-order valence-electron chi connectivity index (χ3n) is 4.81. The van der Waals surface area contributed by atoms with Crippen molar-refractivity contribution in [2.45, 2.75) is 51.1 Å². The number of nitrogens with zero attached hydrogens (tertiary/aromatic N) is 4. The summed E-state index contributed by atoms with van der Waals surface area (Å²) >= 11 is 0. The number of hydrogen-bond acceptors (Lipinski definition) is 5. The molecule has 1 aromatic heterocycles. The van der Waals surface area contributed by atoms with Gasteiger partial charge in [-0.1, -0.05) is 5.21 Å². The lowest BCUT2D eigenvalue weighted by atomic mass is 10.1. The minimum absolute atomic E-state index is 0.0196. The molecule has 2 saturated heterocycles. The van der Waals surface area contributed by atoms with Crippen LogP contribution in [0.15, 0.2) is 6.20 Å². The van der Waals surface area contributed by atoms with Gasteiger partial charge in [-0.3, -0.25) is 9.59 Å². The number of hydrogen-bond donors (Lipinski definition) is 2. The number of carbonyl (C=O) groups excluding carboxylic acids is 2. The Kier molecular flexibility index (Phi) is 5.44. The van der Waals surface area contributed by atoms with E-state index >= 15 is 0 Å². The molecule has 3 rings (SSSR count). The van der Waals surface area contributed by atoms with Crippen LogP contribution in [0.1, 0.15) is 55.6 Å². The highest BCUT2D eigenvalue weighted by Gasteiger charge is 2.25. The number of piperidine rings is 2. The molecule has 2 fully saturated rings. The van der Waals surface area contributed by atoms with Crippen LogP contribution in [0.5, 0.6) is 0 Å². The molecule has 0 aromatic carbocycles. The smallest absolute Gasteiger partial charge is 0.274 e. The topological polar surface area (TPSA) is 92.1 Å². The molecule has 1 unspecified atom stereocenters. The van der Waals surface area contributed by atoms with Gasteiger partial charge in [-0.05, 0) is 52.1 Å². The van der Waals surface area contributed by atoms with Crippen LogP contribution < -0.4 is 10.6 Å². The van der Waals surface area contributed by atoms with E-state index in [-0.39, 0.29) is 23.6 Å². The molecule has 8 heteroatoms. The van der Waals surface area contributed by atoms with Crippen LogP contribution in [0.25, 0.3) is 0 Å². The third kappa shape index (κ3) is 3.92. The zero-order valence-corrected chi connectivity index (χ0v) is 14.2. The molecular weight excluding hydrogens is 308 g/mol. The van der Waals surface area contributed by atoms with Gasteiger partial charge >= 0.3 is 0 Å². The molecule has 1 aromatic rings. The third-order valence-corrected chi connectivity index (χ3v) is 4.81. The molecule has 132 valence electrons. The number of aromatic nitrogens is 3. The summed E-state index contributed by atoms with van der Waals surface area (Å²) in [7, 11) is 0. The molecule has 2 aliphatic rings. The Morgan fingerprint density at radius 1 is 1.25 bits per heavy atom. The fourth-order valence-electron chi connectivity index (χ4n) is 3.35. The lowest BCUT2D eigenvalue weighted by molar-refractivity contribution is -0.133. The van der Waals surface area contributed by atoms with Gasteiger partial charge in [0.15, 0.2) is 5.69 Å². The van der Waals surface area contributed by atoms with Crippen molar-refractivity contribution < 1.29 is 9.59 Å². The standard InChI is InChI=1S/C16H26N6O2/c1-12(16(24)21-9-3-2-4-10-21)18-15(23)14-11-22(20-19-14)13-5-7-17-8-6-13/h11-13,17H,2-10H2,1H3,(H,18,23). The van der Waals surface area contributed by atoms with Gasteiger partial charge in [0.1, 0.15) is 6.04 Å². The second kappa shape index (κ2) is 7.74. The minimum Gasteiger partial charge on any atom is -0.341 e. The van der Waals surface area contributed by atoms with Crippen molar-refractivity contribution in [1.82, 2.24) is 30.5 Å². The average Bonchev–Trinajstić information content (AvgIpc) is 3.13. The minimum atomic E-state index is -0.542. The Hall–Kier alpha value is -1.96. The number of carbonyl (C=O) groups is 2. The van der Waals surface area contributed by atoms with Crippen molar-refractivity contribution in [2.75, 3.05) is 26.2 Å². The van der Waals surface area contributed by atoms with Crippen molar-refractivity contribution in [3.63, 3.8) is 0 Å². The highest BCUT2D eigenvalue weighted by molar-refractivity contribution is 5.95. The highest BCUT2D eigenvalue weighted by Crippen LogP contribution is 2.17. The summed E-state index contributed by atoms with van der Waals surface area (Å²) in [4.78, 5) is 26.5. The Morgan fingerprint density at radius 2 is 1.96 bits per heavy atom. The molecule has 3 heterocycles. The molecule has 2 aliphatic heterocycles. The van der Waals surface area contributed by atoms with Crippen molar-refractivity contribution in [2.24, 2.45) is 0 Å². The van der Waals surface area contributed by atoms with E-state index in [9.17, 15) is 9.59 Å². The Morgan fingerprint density at radius 3 is 2.67 bits per heavy atom. The van der Waals surface area contributed by atoms with Crippen LogP contribution in [0, 0.1) is 0 Å². The molecule has 0 saturated carbocycles. The van der Waals surface area contributed by atoms with E-state index in [2.05, 4.69) is 20.9 Å². The fraction of sp³-hybridized carbons (Fsp3) is 0.750. The molecule has 1 atom stereocenters. The number of nitrogens with one attached hydrogen (secondary N) is 2. The van der Waals surface area contributed by atoms with Gasteiger partial charge in [-0.15, -0.1) is 5.10 Å². The summed E-state index contributed by atoms with van der Waals surface area (Å²) in [5, 5.41) is 14.1. The maximum Gasteiger partial charge on any atom is 0.274 e. The molecule has 0 radical (unpaired) electrons. The van der Waals surface area contributed by atoms with Gasteiger partial charge < -0.3 is 15.5 Å². The Labute approximate surface area is 142 Å². The van der Waals surface area contributed by atoms with Gasteiger partial charge in [0.05, 0.1) is 12.2 Å². The zero-order valence-electron chi connectivity index (χ0n) is 14.2. The summed E-state index contributed by atoms with van der Waals surface area (Å²) < 4.78 is 1.77. The number of likely N-dealkylation sites (tertiary alicyclic amines) is 1. The maximum absolute atomic E-state index is 12.4. The molecule has 0 bridgehead atoms. The first kappa shape index (κ1) is 16.9. The average molecular weight is 334 g/mol. The molecule has 0 aliphatic carbocycles. The first-order chi connectivity index (χ1) is 11.6. The normalized spacial score (nSPS) is 20.6. The predicted octanol–water partition coefficient (Wildman–Crippen LogP) is 0.333. The van der Waals surface area contributed by atoms with Gasteiger partial charge in [0.25, 0.3) is 5.91 Å². The lowest BCUT2D eigenvalue weighted by Crippen LogP contribution is -2.48. The molecule has 24 heavy (non-hydrogen) atoms. The molecule has 0 spiro atoms. The zero-order chi connectivity index (χ0) is 16.9. The molecule has 2 N–H and O–H groups in total. The van der Waals surface area contributed by atoms with Crippen molar-refractivity contribution in [1.29, 1.82) is 0 Å². The van der Waals surface area contributed by atoms with Crippen molar-refractivity contribution in [3.05, 3.63) is 11.9 Å². The van der Waals surface area contributed by atoms with Gasteiger partial charge in [0.2, 0.25) is 5.91 Å². The summed E-state index contributed by atoms with van der Waals surface area (Å²) in [6.07, 6.45) is 6.89. The van der Waals surface area contributed by atoms with Crippen LogP contribution in [0.3, 0.4) is 0 Å². The van der Waals surface area contributed by atoms with Gasteiger partial charge in [-0.25, -0.2) is 4.68 Å². The van der Waals surface area contributed by atoms with Crippen LogP contribution in [0.2, 0.25) is 0 Å². The van der Waals surface area contributed by atoms with E-state index < -0.39 is 6.04 Å². The largest absolute Gasteiger partial charge is 0.341 e. The van der Waals surface area contributed by atoms with Crippen molar-refractivity contribution >= 4 is 11.8 Å². The molecular formula is C16H26N6O2. The highest BCUT2D eigenvalue weighted by atomic mass is 16.2. The quantitative estimate of drug-likeness (QED) is 0.828. The second-order valence-corrected chi connectivity index (χ2v) is 6.65. The Balaban J connectivity index is 1.56. The summed E-state index contributed by atoms with van der Waals surface area (Å²) in [5.41, 5.74) is 0.270. The molecule has 8 nitrogen and oxygen atoms in total. The Bertz CT molecular complexity index is 575. The first-order valence-electron chi connectivity index (χ1n) is 8.87. The first-order valence-corrected chi connectivity index (χ1v) is 8.87. The van der Waals surface area contributed by atoms with E-state index in [1.54, 1.807) is 17.8 Å². The van der Waals surface area contributed by atoms with E-state index in [1.165, 1.54) is 6.42 Å². The summed E-state index contributed by atoms with van der Waals surface area (Å²) in [5.74, 6) is -0.359. The summed E-state index contributed by atoms with van der Waals surface area (Å²) in [6, 6.07) is -0.257. The van der Waals surface area contributed by atoms with Gasteiger partial charge in [0, 0.05) is 13.1 Å². The van der Waals surface area contributed by atoms with E-state index in [4.69, 9.17) is 0 Å². The van der Waals surface area contributed by atoms with Crippen LogP contribution >= 0.6 is 0 Å². The van der Waals surface area contributed by atoms with Crippen molar-refractivity contribution in [3.8, 4) is 0 Å². The predicted molar refractivity (Wildman–Crippen MR) is 88.5 cm³/mol. The summed E-state index contributed by atoms with van der Waals surface area (Å²) in [6.45, 7) is 5.20. The molecule has 2 amide bonds. The van der Waals surface area contributed by atoms with E-state index in [0.717, 1.165) is 51.9 Å². The van der Waals surface area contributed by atoms with Crippen LogP contribution in [-0.2, 0) is 4.79 Å². The second-order valence-electron chi connectivity index (χ2n) is 6.65. The van der Waals surface area contributed by atoms with E-state index in [0.29, 0.717) is 0 Å². The lowest BCUT2D eigenvalue weighted by Gasteiger charge is -2.29. The van der Waals surface area contributed by atoms with E-state index in [1.807, 2.05) is 4.90 Å². The maximum atomic E-state index is 12.4. The monoisotopic (exact) mass is 334 g/mol. The van der Waals surface area contributed by atoms with Crippen LogP contribution in [-0.4, -0.2) is 63.9 Å². The SMILES string of the molecule is CC(NC(=O)c1cn(C2CCNCC2)nn1)C(=O)N1CCCCC1. The van der Waals surface area contributed by atoms with Gasteiger partial charge in [-0.2, -0.15) is 0 Å². The number of rotatable bonds is 4. The van der Waals surface area contributed by atoms with Crippen LogP contribution in [0.4, 0.5) is 0 Å². The number of amides is 2.